The first-order valence-electron chi connectivity index (χ1n) is 10.0. The highest BCUT2D eigenvalue weighted by Gasteiger charge is 2.26. The number of tetrazole rings is 1. The standard InChI is InChI=1S/C24H21N5O2S/c1-16-9-6-7-14-21(16)29-24(26-27-28-29)32-22(18-10-4-3-5-11-18)23(31)25-20-13-8-12-19(15-20)17(2)30/h3-15,22H,1-2H3,(H,25,31). The Kier molecular flexibility index (Phi) is 6.42. The molecule has 1 aromatic heterocycles. The van der Waals surface area contributed by atoms with E-state index in [-0.39, 0.29) is 11.7 Å². The molecule has 4 rings (SSSR count). The summed E-state index contributed by atoms with van der Waals surface area (Å²) in [7, 11) is 0. The third-order valence-electron chi connectivity index (χ3n) is 4.88. The van der Waals surface area contributed by atoms with E-state index in [0.717, 1.165) is 16.8 Å². The number of hydrogen-bond acceptors (Lipinski definition) is 6. The number of para-hydroxylation sites is 1. The largest absolute Gasteiger partial charge is 0.325 e. The van der Waals surface area contributed by atoms with Crippen molar-refractivity contribution in [2.24, 2.45) is 0 Å². The van der Waals surface area contributed by atoms with Gasteiger partial charge in [-0.05, 0) is 53.6 Å². The number of carbonyl (C=O) groups excluding carboxylic acids is 2. The SMILES string of the molecule is CC(=O)c1cccc(NC(=O)C(Sc2nnnn2-c2ccccc2C)c2ccccc2)c1. The Labute approximate surface area is 189 Å². The summed E-state index contributed by atoms with van der Waals surface area (Å²) < 4.78 is 1.64. The minimum Gasteiger partial charge on any atom is -0.325 e. The first kappa shape index (κ1) is 21.5. The molecule has 1 unspecified atom stereocenters. The zero-order valence-corrected chi connectivity index (χ0v) is 18.4. The van der Waals surface area contributed by atoms with Crippen LogP contribution in [0.25, 0.3) is 5.69 Å². The number of hydrogen-bond donors (Lipinski definition) is 1. The van der Waals surface area contributed by atoms with Gasteiger partial charge in [0.1, 0.15) is 5.25 Å². The molecule has 0 aliphatic heterocycles. The van der Waals surface area contributed by atoms with Gasteiger partial charge in [0.2, 0.25) is 11.1 Å². The number of thioether (sulfide) groups is 1. The lowest BCUT2D eigenvalue weighted by molar-refractivity contribution is -0.115. The van der Waals surface area contributed by atoms with E-state index in [1.807, 2.05) is 61.5 Å². The molecular formula is C24H21N5O2S. The van der Waals surface area contributed by atoms with Crippen molar-refractivity contribution in [3.63, 3.8) is 0 Å². The van der Waals surface area contributed by atoms with Crippen LogP contribution in [0.2, 0.25) is 0 Å². The maximum atomic E-state index is 13.3. The maximum Gasteiger partial charge on any atom is 0.242 e. The monoisotopic (exact) mass is 443 g/mol. The summed E-state index contributed by atoms with van der Waals surface area (Å²) in [6.07, 6.45) is 0. The molecule has 0 saturated carbocycles. The molecule has 160 valence electrons. The van der Waals surface area contributed by atoms with Gasteiger partial charge in [-0.15, -0.1) is 5.10 Å². The Bertz CT molecular complexity index is 1260. The lowest BCUT2D eigenvalue weighted by Gasteiger charge is -2.17. The van der Waals surface area contributed by atoms with Crippen LogP contribution in [0, 0.1) is 6.92 Å². The number of rotatable bonds is 7. The molecule has 0 radical (unpaired) electrons. The molecule has 7 nitrogen and oxygen atoms in total. The first-order chi connectivity index (χ1) is 15.5. The molecule has 0 saturated heterocycles. The second-order valence-electron chi connectivity index (χ2n) is 7.19. The minimum atomic E-state index is -0.606. The van der Waals surface area contributed by atoms with Gasteiger partial charge >= 0.3 is 0 Å². The fourth-order valence-corrected chi connectivity index (χ4v) is 4.22. The van der Waals surface area contributed by atoms with Crippen molar-refractivity contribution in [2.45, 2.75) is 24.3 Å². The predicted octanol–water partition coefficient (Wildman–Crippen LogP) is 4.65. The maximum absolute atomic E-state index is 13.3. The van der Waals surface area contributed by atoms with Gasteiger partial charge in [-0.3, -0.25) is 9.59 Å². The lowest BCUT2D eigenvalue weighted by atomic mass is 10.1. The van der Waals surface area contributed by atoms with Crippen LogP contribution >= 0.6 is 11.8 Å². The van der Waals surface area contributed by atoms with Crippen LogP contribution in [0.1, 0.15) is 33.7 Å². The quantitative estimate of drug-likeness (QED) is 0.330. The molecule has 0 aliphatic rings. The fraction of sp³-hybridized carbons (Fsp3) is 0.125. The summed E-state index contributed by atoms with van der Waals surface area (Å²) in [5, 5.41) is 15.0. The minimum absolute atomic E-state index is 0.0625. The van der Waals surface area contributed by atoms with Crippen LogP contribution < -0.4 is 5.32 Å². The molecule has 0 fully saturated rings. The number of nitrogens with one attached hydrogen (secondary N) is 1. The number of Topliss-reactive ketones (excluding diaryl/α,β-unsaturated/α-hetero) is 1. The molecule has 3 aromatic carbocycles. The molecule has 1 N–H and O–H groups in total. The molecule has 32 heavy (non-hydrogen) atoms. The normalized spacial score (nSPS) is 11.7. The third kappa shape index (κ3) is 4.76. The molecule has 1 heterocycles. The van der Waals surface area contributed by atoms with E-state index in [9.17, 15) is 9.59 Å². The van der Waals surface area contributed by atoms with Gasteiger partial charge in [0, 0.05) is 11.3 Å². The van der Waals surface area contributed by atoms with Gasteiger partial charge < -0.3 is 5.32 Å². The number of benzene rings is 3. The Balaban J connectivity index is 1.66. The first-order valence-corrected chi connectivity index (χ1v) is 10.9. The van der Waals surface area contributed by atoms with Crippen LogP contribution in [0.3, 0.4) is 0 Å². The van der Waals surface area contributed by atoms with Crippen LogP contribution in [0.5, 0.6) is 0 Å². The highest BCUT2D eigenvalue weighted by atomic mass is 32.2. The molecule has 0 aliphatic carbocycles. The van der Waals surface area contributed by atoms with Gasteiger partial charge in [0.05, 0.1) is 5.69 Å². The molecular weight excluding hydrogens is 422 g/mol. The second-order valence-corrected chi connectivity index (χ2v) is 8.27. The lowest BCUT2D eigenvalue weighted by Crippen LogP contribution is -2.20. The summed E-state index contributed by atoms with van der Waals surface area (Å²) in [6, 6.07) is 24.1. The van der Waals surface area contributed by atoms with E-state index in [4.69, 9.17) is 0 Å². The predicted molar refractivity (Wildman–Crippen MR) is 124 cm³/mol. The van der Waals surface area contributed by atoms with Gasteiger partial charge in [-0.2, -0.15) is 4.68 Å². The number of anilines is 1. The zero-order chi connectivity index (χ0) is 22.5. The van der Waals surface area contributed by atoms with Crippen molar-refractivity contribution in [1.29, 1.82) is 0 Å². The van der Waals surface area contributed by atoms with E-state index < -0.39 is 5.25 Å². The number of carbonyl (C=O) groups is 2. The van der Waals surface area contributed by atoms with E-state index in [2.05, 4.69) is 20.8 Å². The van der Waals surface area contributed by atoms with Gasteiger partial charge in [0.15, 0.2) is 5.78 Å². The molecule has 4 aromatic rings. The smallest absolute Gasteiger partial charge is 0.242 e. The molecule has 1 amide bonds. The summed E-state index contributed by atoms with van der Waals surface area (Å²) in [5.74, 6) is -0.297. The Hall–Kier alpha value is -3.78. The summed E-state index contributed by atoms with van der Waals surface area (Å²) >= 11 is 1.26. The number of nitrogens with zero attached hydrogens (tertiary/aromatic N) is 4. The number of aromatic nitrogens is 4. The Morgan fingerprint density at radius 3 is 2.47 bits per heavy atom. The fourth-order valence-electron chi connectivity index (χ4n) is 3.23. The topological polar surface area (TPSA) is 89.8 Å². The highest BCUT2D eigenvalue weighted by molar-refractivity contribution is 8.00. The van der Waals surface area contributed by atoms with Crippen molar-refractivity contribution >= 4 is 29.1 Å². The van der Waals surface area contributed by atoms with E-state index >= 15 is 0 Å². The van der Waals surface area contributed by atoms with Crippen LogP contribution in [-0.4, -0.2) is 31.9 Å². The van der Waals surface area contributed by atoms with Crippen molar-refractivity contribution in [3.8, 4) is 5.69 Å². The van der Waals surface area contributed by atoms with Crippen LogP contribution in [0.4, 0.5) is 5.69 Å². The van der Waals surface area contributed by atoms with Crippen molar-refractivity contribution in [2.75, 3.05) is 5.32 Å². The summed E-state index contributed by atoms with van der Waals surface area (Å²) in [4.78, 5) is 25.0. The zero-order valence-electron chi connectivity index (χ0n) is 17.6. The van der Waals surface area contributed by atoms with Crippen molar-refractivity contribution in [3.05, 3.63) is 95.6 Å². The number of amides is 1. The van der Waals surface area contributed by atoms with Crippen molar-refractivity contribution in [1.82, 2.24) is 20.2 Å². The van der Waals surface area contributed by atoms with Gasteiger partial charge in [0.25, 0.3) is 0 Å². The Morgan fingerprint density at radius 1 is 0.969 bits per heavy atom. The number of aryl methyl sites for hydroxylation is 1. The van der Waals surface area contributed by atoms with Crippen LogP contribution in [-0.2, 0) is 4.79 Å². The summed E-state index contributed by atoms with van der Waals surface area (Å²) in [5.41, 5.74) is 3.78. The van der Waals surface area contributed by atoms with E-state index in [1.54, 1.807) is 28.9 Å². The van der Waals surface area contributed by atoms with Crippen molar-refractivity contribution < 1.29 is 9.59 Å². The van der Waals surface area contributed by atoms with Crippen LogP contribution in [0.15, 0.2) is 84.0 Å². The van der Waals surface area contributed by atoms with E-state index in [0.29, 0.717) is 16.4 Å². The average Bonchev–Trinajstić information content (AvgIpc) is 3.26. The highest BCUT2D eigenvalue weighted by Crippen LogP contribution is 2.36. The molecule has 8 heteroatoms. The Morgan fingerprint density at radius 2 is 1.72 bits per heavy atom. The third-order valence-corrected chi connectivity index (χ3v) is 6.07. The molecule has 0 bridgehead atoms. The summed E-state index contributed by atoms with van der Waals surface area (Å²) in [6.45, 7) is 3.48. The average molecular weight is 444 g/mol. The van der Waals surface area contributed by atoms with Gasteiger partial charge in [-0.1, -0.05) is 72.4 Å². The molecule has 1 atom stereocenters. The van der Waals surface area contributed by atoms with Gasteiger partial charge in [-0.25, -0.2) is 0 Å². The molecule has 0 spiro atoms. The number of ketones is 1. The van der Waals surface area contributed by atoms with E-state index in [1.165, 1.54) is 18.7 Å². The second kappa shape index (κ2) is 9.57.